The smallest absolute Gasteiger partial charge is 0.243 e. The standard InChI is InChI=1S/C17H24N2O4.ClH/c1-22-13-5-6-14(23-2)15-11(13)9-19(10-12(15)20)16(21)17(18)7-3-4-8-17;/h5-6,12,20H,3-4,7-10,18H2,1-2H3;1H. The molecule has 1 aromatic rings. The fourth-order valence-electron chi connectivity index (χ4n) is 3.77. The summed E-state index contributed by atoms with van der Waals surface area (Å²) in [6.07, 6.45) is 2.57. The van der Waals surface area contributed by atoms with Crippen molar-refractivity contribution >= 4 is 18.3 Å². The highest BCUT2D eigenvalue weighted by molar-refractivity contribution is 5.87. The normalized spacial score (nSPS) is 21.7. The molecular formula is C17H25ClN2O4. The van der Waals surface area contributed by atoms with Crippen LogP contribution in [0.1, 0.15) is 42.9 Å². The van der Waals surface area contributed by atoms with Crippen LogP contribution in [0.5, 0.6) is 11.5 Å². The molecule has 1 amide bonds. The van der Waals surface area contributed by atoms with Gasteiger partial charge in [0.15, 0.2) is 0 Å². The van der Waals surface area contributed by atoms with Crippen molar-refractivity contribution in [1.29, 1.82) is 0 Å². The number of carbonyl (C=O) groups is 1. The highest BCUT2D eigenvalue weighted by atomic mass is 35.5. The minimum atomic E-state index is -0.808. The Kier molecular flexibility index (Phi) is 5.63. The topological polar surface area (TPSA) is 85.0 Å². The van der Waals surface area contributed by atoms with Crippen molar-refractivity contribution in [3.05, 3.63) is 23.3 Å². The van der Waals surface area contributed by atoms with Gasteiger partial charge in [-0.15, -0.1) is 12.4 Å². The third-order valence-corrected chi connectivity index (χ3v) is 5.00. The Bertz CT molecular complexity index is 617. The Morgan fingerprint density at radius 1 is 1.25 bits per heavy atom. The van der Waals surface area contributed by atoms with E-state index in [0.717, 1.165) is 18.4 Å². The van der Waals surface area contributed by atoms with Crippen molar-refractivity contribution in [2.24, 2.45) is 5.73 Å². The summed E-state index contributed by atoms with van der Waals surface area (Å²) in [6.45, 7) is 0.610. The summed E-state index contributed by atoms with van der Waals surface area (Å²) < 4.78 is 10.8. The quantitative estimate of drug-likeness (QED) is 0.862. The molecule has 1 aliphatic heterocycles. The zero-order chi connectivity index (χ0) is 16.6. The van der Waals surface area contributed by atoms with Crippen LogP contribution in [0.2, 0.25) is 0 Å². The number of nitrogens with two attached hydrogens (primary N) is 1. The summed E-state index contributed by atoms with van der Waals surface area (Å²) >= 11 is 0. The SMILES string of the molecule is COc1ccc(OC)c2c1CN(C(=O)C1(N)CCCC1)CC2O.Cl. The molecule has 0 bridgehead atoms. The lowest BCUT2D eigenvalue weighted by Crippen LogP contribution is -2.55. The number of amides is 1. The molecule has 1 aliphatic carbocycles. The van der Waals surface area contributed by atoms with Gasteiger partial charge in [0.1, 0.15) is 17.6 Å². The summed E-state index contributed by atoms with van der Waals surface area (Å²) in [5.41, 5.74) is 7.00. The predicted molar refractivity (Wildman–Crippen MR) is 92.6 cm³/mol. The lowest BCUT2D eigenvalue weighted by atomic mass is 9.91. The van der Waals surface area contributed by atoms with Crippen LogP contribution in [0.3, 0.4) is 0 Å². The molecular weight excluding hydrogens is 332 g/mol. The van der Waals surface area contributed by atoms with E-state index in [4.69, 9.17) is 15.2 Å². The number of carbonyl (C=O) groups excluding carboxylic acids is 1. The molecule has 3 rings (SSSR count). The minimum absolute atomic E-state index is 0. The summed E-state index contributed by atoms with van der Waals surface area (Å²) in [5.74, 6) is 1.18. The Morgan fingerprint density at radius 3 is 2.42 bits per heavy atom. The zero-order valence-corrected chi connectivity index (χ0v) is 14.9. The number of fused-ring (bicyclic) bond motifs is 1. The van der Waals surface area contributed by atoms with Crippen molar-refractivity contribution in [2.45, 2.75) is 43.9 Å². The van der Waals surface area contributed by atoms with E-state index >= 15 is 0 Å². The maximum atomic E-state index is 12.8. The van der Waals surface area contributed by atoms with Crippen LogP contribution in [0.4, 0.5) is 0 Å². The molecule has 7 heteroatoms. The summed E-state index contributed by atoms with van der Waals surface area (Å²) in [5, 5.41) is 10.6. The first-order valence-corrected chi connectivity index (χ1v) is 8.00. The van der Waals surface area contributed by atoms with Crippen LogP contribution in [0, 0.1) is 0 Å². The Labute approximate surface area is 148 Å². The molecule has 1 fully saturated rings. The number of ether oxygens (including phenoxy) is 2. The van der Waals surface area contributed by atoms with Gasteiger partial charge in [0, 0.05) is 17.7 Å². The number of aliphatic hydroxyl groups excluding tert-OH is 1. The van der Waals surface area contributed by atoms with E-state index in [0.29, 0.717) is 36.4 Å². The number of rotatable bonds is 3. The maximum Gasteiger partial charge on any atom is 0.243 e. The van der Waals surface area contributed by atoms with Gasteiger partial charge in [-0.3, -0.25) is 4.79 Å². The van der Waals surface area contributed by atoms with Crippen molar-refractivity contribution in [1.82, 2.24) is 4.90 Å². The minimum Gasteiger partial charge on any atom is -0.496 e. The van der Waals surface area contributed by atoms with Gasteiger partial charge in [-0.1, -0.05) is 12.8 Å². The molecule has 0 spiro atoms. The van der Waals surface area contributed by atoms with Crippen LogP contribution in [0.25, 0.3) is 0 Å². The number of benzene rings is 1. The van der Waals surface area contributed by atoms with Crippen LogP contribution < -0.4 is 15.2 Å². The molecule has 1 unspecified atom stereocenters. The van der Waals surface area contributed by atoms with Crippen LogP contribution in [-0.2, 0) is 11.3 Å². The van der Waals surface area contributed by atoms with Crippen molar-refractivity contribution in [3.63, 3.8) is 0 Å². The van der Waals surface area contributed by atoms with Gasteiger partial charge in [0.2, 0.25) is 5.91 Å². The first kappa shape index (κ1) is 18.8. The molecule has 24 heavy (non-hydrogen) atoms. The number of methoxy groups -OCH3 is 2. The van der Waals surface area contributed by atoms with Crippen molar-refractivity contribution in [3.8, 4) is 11.5 Å². The maximum absolute atomic E-state index is 12.8. The van der Waals surface area contributed by atoms with Crippen molar-refractivity contribution in [2.75, 3.05) is 20.8 Å². The average Bonchev–Trinajstić information content (AvgIpc) is 3.00. The molecule has 6 nitrogen and oxygen atoms in total. The lowest BCUT2D eigenvalue weighted by molar-refractivity contribution is -0.139. The van der Waals surface area contributed by atoms with E-state index in [-0.39, 0.29) is 24.9 Å². The van der Waals surface area contributed by atoms with Gasteiger partial charge in [-0.25, -0.2) is 0 Å². The lowest BCUT2D eigenvalue weighted by Gasteiger charge is -2.38. The third kappa shape index (κ3) is 3.06. The summed E-state index contributed by atoms with van der Waals surface area (Å²) in [7, 11) is 3.15. The second-order valence-corrected chi connectivity index (χ2v) is 6.43. The van der Waals surface area contributed by atoms with E-state index in [2.05, 4.69) is 0 Å². The van der Waals surface area contributed by atoms with E-state index in [1.54, 1.807) is 31.3 Å². The molecule has 134 valence electrons. The highest BCUT2D eigenvalue weighted by Gasteiger charge is 2.42. The number of aliphatic hydroxyl groups is 1. The molecule has 0 aromatic heterocycles. The Hall–Kier alpha value is -1.50. The van der Waals surface area contributed by atoms with Crippen LogP contribution >= 0.6 is 12.4 Å². The van der Waals surface area contributed by atoms with E-state index in [1.165, 1.54) is 0 Å². The number of nitrogens with zero attached hydrogens (tertiary/aromatic N) is 1. The number of halogens is 1. The van der Waals surface area contributed by atoms with E-state index in [9.17, 15) is 9.90 Å². The largest absolute Gasteiger partial charge is 0.496 e. The van der Waals surface area contributed by atoms with Gasteiger partial charge >= 0.3 is 0 Å². The summed E-state index contributed by atoms with van der Waals surface area (Å²) in [4.78, 5) is 14.5. The number of hydrogen-bond acceptors (Lipinski definition) is 5. The highest BCUT2D eigenvalue weighted by Crippen LogP contribution is 2.40. The van der Waals surface area contributed by atoms with E-state index in [1.807, 2.05) is 0 Å². The first-order chi connectivity index (χ1) is 11.0. The van der Waals surface area contributed by atoms with Gasteiger partial charge in [-0.2, -0.15) is 0 Å². The number of β-amino-alcohol motifs (C(OH)–C–C–N with tert-alkyl or cyclic N) is 1. The molecule has 1 saturated carbocycles. The molecule has 1 atom stereocenters. The second-order valence-electron chi connectivity index (χ2n) is 6.43. The molecule has 0 saturated heterocycles. The van der Waals surface area contributed by atoms with Gasteiger partial charge in [0.05, 0.1) is 26.3 Å². The Balaban J connectivity index is 0.00000208. The third-order valence-electron chi connectivity index (χ3n) is 5.00. The second kappa shape index (κ2) is 7.17. The van der Waals surface area contributed by atoms with Crippen molar-refractivity contribution < 1.29 is 19.4 Å². The van der Waals surface area contributed by atoms with Gasteiger partial charge < -0.3 is 25.2 Å². The number of hydrogen-bond donors (Lipinski definition) is 2. The summed E-state index contributed by atoms with van der Waals surface area (Å²) in [6, 6.07) is 3.58. The van der Waals surface area contributed by atoms with Crippen LogP contribution in [0.15, 0.2) is 12.1 Å². The van der Waals surface area contributed by atoms with Gasteiger partial charge in [-0.05, 0) is 25.0 Å². The molecule has 2 aliphatic rings. The Morgan fingerprint density at radius 2 is 1.83 bits per heavy atom. The first-order valence-electron chi connectivity index (χ1n) is 8.00. The molecule has 3 N–H and O–H groups in total. The van der Waals surface area contributed by atoms with E-state index < -0.39 is 11.6 Å². The molecule has 1 heterocycles. The predicted octanol–water partition coefficient (Wildman–Crippen LogP) is 1.77. The average molecular weight is 357 g/mol. The zero-order valence-electron chi connectivity index (χ0n) is 14.1. The van der Waals surface area contributed by atoms with Crippen LogP contribution in [-0.4, -0.2) is 42.2 Å². The van der Waals surface area contributed by atoms with Gasteiger partial charge in [0.25, 0.3) is 0 Å². The fourth-order valence-corrected chi connectivity index (χ4v) is 3.77. The fraction of sp³-hybridized carbons (Fsp3) is 0.588. The molecule has 1 aromatic carbocycles. The molecule has 0 radical (unpaired) electrons. The monoisotopic (exact) mass is 356 g/mol.